The molecule has 0 aliphatic carbocycles. The van der Waals surface area contributed by atoms with Gasteiger partial charge in [0.2, 0.25) is 0 Å². The molecule has 0 aromatic heterocycles. The zero-order valence-electron chi connectivity index (χ0n) is 15.2. The molecule has 0 N–H and O–H groups in total. The van der Waals surface area contributed by atoms with Gasteiger partial charge < -0.3 is 4.74 Å². The van der Waals surface area contributed by atoms with E-state index < -0.39 is 0 Å². The maximum atomic E-state index is 6.21. The van der Waals surface area contributed by atoms with Crippen molar-refractivity contribution in [2.45, 2.75) is 6.92 Å². The van der Waals surface area contributed by atoms with E-state index in [1.54, 1.807) is 0 Å². The molecule has 5 rings (SSSR count). The minimum absolute atomic E-state index is 0.155. The molecule has 0 saturated heterocycles. The summed E-state index contributed by atoms with van der Waals surface area (Å²) < 4.78 is 6.21. The molecule has 27 heavy (non-hydrogen) atoms. The van der Waals surface area contributed by atoms with Gasteiger partial charge in [-0.15, -0.1) is 0 Å². The van der Waals surface area contributed by atoms with E-state index in [1.807, 2.05) is 12.1 Å². The van der Waals surface area contributed by atoms with Crippen molar-refractivity contribution in [3.63, 3.8) is 0 Å². The Morgan fingerprint density at radius 1 is 0.593 bits per heavy atom. The Bertz CT molecular complexity index is 1070. The van der Waals surface area contributed by atoms with Gasteiger partial charge in [0, 0.05) is 0 Å². The number of ether oxygens (including phenoxy) is 1. The van der Waals surface area contributed by atoms with Gasteiger partial charge >= 0.3 is 0 Å². The maximum absolute atomic E-state index is 6.21. The number of fused-ring (bicyclic) bond motifs is 2. The summed E-state index contributed by atoms with van der Waals surface area (Å²) in [6.45, 7) is 2.37. The molecule has 4 aromatic carbocycles. The SMILES string of the molecule is Cc1cccc(-c2ccccc2)c1B1c2ccccc2Oc2ccccc21. The molecule has 0 spiro atoms. The van der Waals surface area contributed by atoms with Gasteiger partial charge in [0.1, 0.15) is 11.5 Å². The first-order valence-electron chi connectivity index (χ1n) is 9.33. The summed E-state index contributed by atoms with van der Waals surface area (Å²) in [7, 11) is 0. The number of hydrogen-bond donors (Lipinski definition) is 0. The highest BCUT2D eigenvalue weighted by molar-refractivity contribution is 6.98. The van der Waals surface area contributed by atoms with Crippen molar-refractivity contribution in [3.8, 4) is 22.6 Å². The van der Waals surface area contributed by atoms with E-state index in [2.05, 4.69) is 91.9 Å². The molecule has 0 unspecified atom stereocenters. The average molecular weight is 346 g/mol. The van der Waals surface area contributed by atoms with Crippen molar-refractivity contribution >= 4 is 23.1 Å². The number of benzene rings is 4. The maximum Gasteiger partial charge on any atom is 0.252 e. The zero-order valence-corrected chi connectivity index (χ0v) is 15.2. The first kappa shape index (κ1) is 16.0. The van der Waals surface area contributed by atoms with Crippen LogP contribution in [0.25, 0.3) is 11.1 Å². The Kier molecular flexibility index (Phi) is 3.83. The van der Waals surface area contributed by atoms with E-state index >= 15 is 0 Å². The van der Waals surface area contributed by atoms with Crippen LogP contribution in [0.15, 0.2) is 97.1 Å². The van der Waals surface area contributed by atoms with Crippen LogP contribution in [0.3, 0.4) is 0 Å². The van der Waals surface area contributed by atoms with Gasteiger partial charge in [-0.3, -0.25) is 0 Å². The summed E-state index contributed by atoms with van der Waals surface area (Å²) in [5.41, 5.74) is 7.63. The van der Waals surface area contributed by atoms with Crippen molar-refractivity contribution in [1.82, 2.24) is 0 Å². The largest absolute Gasteiger partial charge is 0.458 e. The van der Waals surface area contributed by atoms with Crippen LogP contribution in [0.5, 0.6) is 11.5 Å². The molecule has 0 atom stereocenters. The van der Waals surface area contributed by atoms with Crippen LogP contribution in [0, 0.1) is 6.92 Å². The Labute approximate surface area is 160 Å². The van der Waals surface area contributed by atoms with Crippen molar-refractivity contribution in [2.24, 2.45) is 0 Å². The molecule has 1 nitrogen and oxygen atoms in total. The lowest BCUT2D eigenvalue weighted by atomic mass is 9.34. The quantitative estimate of drug-likeness (QED) is 0.434. The molecule has 2 heteroatoms. The molecule has 1 aliphatic heterocycles. The molecule has 0 fully saturated rings. The molecule has 4 aromatic rings. The monoisotopic (exact) mass is 346 g/mol. The van der Waals surface area contributed by atoms with Gasteiger partial charge in [0.25, 0.3) is 6.71 Å². The highest BCUT2D eigenvalue weighted by atomic mass is 16.5. The molecular formula is C25H19BO. The highest BCUT2D eigenvalue weighted by Crippen LogP contribution is 2.26. The lowest BCUT2D eigenvalue weighted by Gasteiger charge is -2.29. The third kappa shape index (κ3) is 2.65. The Morgan fingerprint density at radius 2 is 1.19 bits per heavy atom. The topological polar surface area (TPSA) is 9.23 Å². The third-order valence-corrected chi connectivity index (χ3v) is 5.38. The van der Waals surface area contributed by atoms with Crippen molar-refractivity contribution in [2.75, 3.05) is 0 Å². The van der Waals surface area contributed by atoms with E-state index in [9.17, 15) is 0 Å². The number of rotatable bonds is 2. The van der Waals surface area contributed by atoms with Crippen LogP contribution in [0.1, 0.15) is 5.56 Å². The van der Waals surface area contributed by atoms with Gasteiger partial charge in [-0.05, 0) is 41.1 Å². The van der Waals surface area contributed by atoms with E-state index in [-0.39, 0.29) is 6.71 Å². The van der Waals surface area contributed by atoms with Gasteiger partial charge in [-0.25, -0.2) is 0 Å². The van der Waals surface area contributed by atoms with E-state index in [4.69, 9.17) is 4.74 Å². The van der Waals surface area contributed by atoms with Gasteiger partial charge in [0.15, 0.2) is 0 Å². The summed E-state index contributed by atoms with van der Waals surface area (Å²) in [5, 5.41) is 0. The Balaban J connectivity index is 1.82. The van der Waals surface area contributed by atoms with Gasteiger partial charge in [0.05, 0.1) is 0 Å². The Hall–Kier alpha value is -3.26. The predicted molar refractivity (Wildman–Crippen MR) is 114 cm³/mol. The van der Waals surface area contributed by atoms with Crippen molar-refractivity contribution in [3.05, 3.63) is 103 Å². The van der Waals surface area contributed by atoms with E-state index in [0.717, 1.165) is 11.5 Å². The van der Waals surface area contributed by atoms with Crippen LogP contribution in [0.4, 0.5) is 0 Å². The van der Waals surface area contributed by atoms with Crippen LogP contribution >= 0.6 is 0 Å². The lowest BCUT2D eigenvalue weighted by molar-refractivity contribution is 0.487. The molecule has 128 valence electrons. The van der Waals surface area contributed by atoms with Crippen LogP contribution < -0.4 is 21.1 Å². The normalized spacial score (nSPS) is 12.1. The van der Waals surface area contributed by atoms with E-state index in [1.165, 1.54) is 33.1 Å². The molecular weight excluding hydrogens is 327 g/mol. The molecule has 0 amide bonds. The van der Waals surface area contributed by atoms with Crippen LogP contribution in [0.2, 0.25) is 0 Å². The molecule has 0 radical (unpaired) electrons. The summed E-state index contributed by atoms with van der Waals surface area (Å²) in [4.78, 5) is 0. The summed E-state index contributed by atoms with van der Waals surface area (Å²) in [6, 6.07) is 34.1. The predicted octanol–water partition coefficient (Wildman–Crippen LogP) is 4.28. The summed E-state index contributed by atoms with van der Waals surface area (Å²) in [5.74, 6) is 1.90. The number of para-hydroxylation sites is 2. The van der Waals surface area contributed by atoms with Crippen LogP contribution in [-0.4, -0.2) is 6.71 Å². The zero-order chi connectivity index (χ0) is 18.2. The first-order valence-corrected chi connectivity index (χ1v) is 9.33. The van der Waals surface area contributed by atoms with E-state index in [0.29, 0.717) is 0 Å². The van der Waals surface area contributed by atoms with Crippen LogP contribution in [-0.2, 0) is 0 Å². The minimum Gasteiger partial charge on any atom is -0.458 e. The third-order valence-electron chi connectivity index (χ3n) is 5.38. The standard InChI is InChI=1S/C25H19BO/c1-18-10-9-13-20(19-11-3-2-4-12-19)25(18)26-21-14-5-7-16-23(21)27-24-17-8-6-15-22(24)26/h2-17H,1H3. The second-order valence-electron chi connectivity index (χ2n) is 7.01. The molecule has 0 bridgehead atoms. The molecule has 1 aliphatic rings. The van der Waals surface area contributed by atoms with Gasteiger partial charge in [-0.1, -0.05) is 96.0 Å². The van der Waals surface area contributed by atoms with Gasteiger partial charge in [-0.2, -0.15) is 0 Å². The van der Waals surface area contributed by atoms with Crippen molar-refractivity contribution in [1.29, 1.82) is 0 Å². The highest BCUT2D eigenvalue weighted by Gasteiger charge is 2.34. The summed E-state index contributed by atoms with van der Waals surface area (Å²) in [6.07, 6.45) is 0. The molecule has 0 saturated carbocycles. The number of hydrogen-bond acceptors (Lipinski definition) is 1. The lowest BCUT2D eigenvalue weighted by Crippen LogP contribution is -2.56. The second-order valence-corrected chi connectivity index (χ2v) is 7.01. The average Bonchev–Trinajstić information content (AvgIpc) is 2.73. The second kappa shape index (κ2) is 6.48. The fraction of sp³-hybridized carbons (Fsp3) is 0.0400. The fourth-order valence-electron chi connectivity index (χ4n) is 4.15. The molecule has 1 heterocycles. The first-order chi connectivity index (χ1) is 13.3. The fourth-order valence-corrected chi connectivity index (χ4v) is 4.15. The van der Waals surface area contributed by atoms with Crippen molar-refractivity contribution < 1.29 is 4.74 Å². The smallest absolute Gasteiger partial charge is 0.252 e. The number of aryl methyl sites for hydroxylation is 1. The Morgan fingerprint density at radius 3 is 1.85 bits per heavy atom. The minimum atomic E-state index is 0.155. The summed E-state index contributed by atoms with van der Waals surface area (Å²) >= 11 is 0.